The molecule has 94 valence electrons. The highest BCUT2D eigenvalue weighted by molar-refractivity contribution is 9.10. The number of aliphatic hydroxyl groups is 1. The van der Waals surface area contributed by atoms with E-state index in [2.05, 4.69) is 26.2 Å². The molecular formula is C12H17BrN2O2. The first-order chi connectivity index (χ1) is 8.13. The Morgan fingerprint density at radius 3 is 2.94 bits per heavy atom. The van der Waals surface area contributed by atoms with E-state index in [1.807, 2.05) is 6.92 Å². The molecule has 0 aliphatic rings. The summed E-state index contributed by atoms with van der Waals surface area (Å²) in [7, 11) is 0. The number of pyridine rings is 1. The summed E-state index contributed by atoms with van der Waals surface area (Å²) in [6.45, 7) is 2.81. The fraction of sp³-hybridized carbons (Fsp3) is 0.500. The van der Waals surface area contributed by atoms with E-state index in [1.165, 1.54) is 6.20 Å². The smallest absolute Gasteiger partial charge is 0.252 e. The lowest BCUT2D eigenvalue weighted by molar-refractivity contribution is 0.0951. The Morgan fingerprint density at radius 1 is 1.59 bits per heavy atom. The standard InChI is InChI=1S/C12H17BrN2O2/c1-9(8-16)3-2-6-14-12(17)10-4-5-11(13)15-7-10/h4-5,7,9,16H,2-3,6,8H2,1H3,(H,14,17). The predicted octanol–water partition coefficient (Wildman–Crippen LogP) is 1.98. The van der Waals surface area contributed by atoms with Crippen molar-refractivity contribution in [3.63, 3.8) is 0 Å². The second-order valence-electron chi connectivity index (χ2n) is 4.06. The molecule has 1 atom stereocenters. The lowest BCUT2D eigenvalue weighted by Gasteiger charge is -2.08. The van der Waals surface area contributed by atoms with E-state index in [9.17, 15) is 4.79 Å². The maximum absolute atomic E-state index is 11.7. The van der Waals surface area contributed by atoms with Crippen molar-refractivity contribution in [1.82, 2.24) is 10.3 Å². The molecule has 0 saturated heterocycles. The van der Waals surface area contributed by atoms with Gasteiger partial charge >= 0.3 is 0 Å². The van der Waals surface area contributed by atoms with Crippen LogP contribution in [0.4, 0.5) is 0 Å². The Labute approximate surface area is 110 Å². The zero-order valence-electron chi connectivity index (χ0n) is 9.82. The maximum atomic E-state index is 11.7. The monoisotopic (exact) mass is 300 g/mol. The van der Waals surface area contributed by atoms with Gasteiger partial charge in [0, 0.05) is 19.3 Å². The molecule has 5 heteroatoms. The van der Waals surface area contributed by atoms with Crippen LogP contribution in [0.25, 0.3) is 0 Å². The molecule has 1 unspecified atom stereocenters. The average molecular weight is 301 g/mol. The van der Waals surface area contributed by atoms with Crippen molar-refractivity contribution in [2.24, 2.45) is 5.92 Å². The highest BCUT2D eigenvalue weighted by Gasteiger charge is 2.05. The van der Waals surface area contributed by atoms with Crippen LogP contribution in [0.5, 0.6) is 0 Å². The number of aromatic nitrogens is 1. The Kier molecular flexibility index (Phi) is 6.15. The third-order valence-electron chi connectivity index (χ3n) is 2.46. The van der Waals surface area contributed by atoms with Gasteiger partial charge < -0.3 is 10.4 Å². The number of carbonyl (C=O) groups excluding carboxylic acids is 1. The molecule has 0 spiro atoms. The van der Waals surface area contributed by atoms with Crippen LogP contribution >= 0.6 is 15.9 Å². The fourth-order valence-corrected chi connectivity index (χ4v) is 1.59. The molecular weight excluding hydrogens is 284 g/mol. The van der Waals surface area contributed by atoms with Crippen LogP contribution in [-0.2, 0) is 0 Å². The van der Waals surface area contributed by atoms with E-state index >= 15 is 0 Å². The second kappa shape index (κ2) is 7.40. The van der Waals surface area contributed by atoms with E-state index in [4.69, 9.17) is 5.11 Å². The normalized spacial score (nSPS) is 12.2. The van der Waals surface area contributed by atoms with Crippen LogP contribution < -0.4 is 5.32 Å². The van der Waals surface area contributed by atoms with Gasteiger partial charge in [0.05, 0.1) is 5.56 Å². The summed E-state index contributed by atoms with van der Waals surface area (Å²) in [4.78, 5) is 15.6. The molecule has 4 nitrogen and oxygen atoms in total. The maximum Gasteiger partial charge on any atom is 0.252 e. The second-order valence-corrected chi connectivity index (χ2v) is 4.87. The van der Waals surface area contributed by atoms with Gasteiger partial charge in [-0.3, -0.25) is 4.79 Å². The lowest BCUT2D eigenvalue weighted by atomic mass is 10.1. The molecule has 0 saturated carbocycles. The third kappa shape index (κ3) is 5.28. The van der Waals surface area contributed by atoms with E-state index in [0.29, 0.717) is 22.6 Å². The molecule has 1 heterocycles. The molecule has 17 heavy (non-hydrogen) atoms. The van der Waals surface area contributed by atoms with Gasteiger partial charge in [-0.15, -0.1) is 0 Å². The van der Waals surface area contributed by atoms with Crippen LogP contribution in [0.3, 0.4) is 0 Å². The van der Waals surface area contributed by atoms with E-state index in [-0.39, 0.29) is 12.5 Å². The molecule has 1 aromatic rings. The number of amides is 1. The van der Waals surface area contributed by atoms with Crippen LogP contribution in [0.1, 0.15) is 30.1 Å². The summed E-state index contributed by atoms with van der Waals surface area (Å²) in [6.07, 6.45) is 3.32. The summed E-state index contributed by atoms with van der Waals surface area (Å²) in [5, 5.41) is 11.7. The summed E-state index contributed by atoms with van der Waals surface area (Å²) in [5.41, 5.74) is 0.559. The molecule has 0 aromatic carbocycles. The fourth-order valence-electron chi connectivity index (χ4n) is 1.36. The largest absolute Gasteiger partial charge is 0.396 e. The van der Waals surface area contributed by atoms with E-state index in [1.54, 1.807) is 12.1 Å². The first-order valence-corrected chi connectivity index (χ1v) is 6.43. The van der Waals surface area contributed by atoms with Gasteiger partial charge in [-0.05, 0) is 46.8 Å². The number of rotatable bonds is 6. The van der Waals surface area contributed by atoms with Gasteiger partial charge in [0.2, 0.25) is 0 Å². The zero-order chi connectivity index (χ0) is 12.7. The van der Waals surface area contributed by atoms with Gasteiger partial charge in [-0.1, -0.05) is 6.92 Å². The van der Waals surface area contributed by atoms with Crippen LogP contribution in [-0.4, -0.2) is 29.1 Å². The average Bonchev–Trinajstić information content (AvgIpc) is 2.34. The lowest BCUT2D eigenvalue weighted by Crippen LogP contribution is -2.25. The summed E-state index contributed by atoms with van der Waals surface area (Å²) in [6, 6.07) is 3.46. The quantitative estimate of drug-likeness (QED) is 0.624. The number of aliphatic hydroxyl groups excluding tert-OH is 1. The van der Waals surface area contributed by atoms with Crippen molar-refractivity contribution in [3.8, 4) is 0 Å². The summed E-state index contributed by atoms with van der Waals surface area (Å²) >= 11 is 3.22. The predicted molar refractivity (Wildman–Crippen MR) is 69.8 cm³/mol. The highest BCUT2D eigenvalue weighted by atomic mass is 79.9. The Bertz CT molecular complexity index is 354. The van der Waals surface area contributed by atoms with Crippen molar-refractivity contribution in [1.29, 1.82) is 0 Å². The Hall–Kier alpha value is -0.940. The van der Waals surface area contributed by atoms with Crippen molar-refractivity contribution in [2.75, 3.05) is 13.2 Å². The van der Waals surface area contributed by atoms with Gasteiger partial charge in [0.25, 0.3) is 5.91 Å². The number of nitrogens with one attached hydrogen (secondary N) is 1. The van der Waals surface area contributed by atoms with Crippen molar-refractivity contribution in [3.05, 3.63) is 28.5 Å². The zero-order valence-corrected chi connectivity index (χ0v) is 11.4. The molecule has 0 aliphatic carbocycles. The van der Waals surface area contributed by atoms with E-state index < -0.39 is 0 Å². The summed E-state index contributed by atoms with van der Waals surface area (Å²) < 4.78 is 0.714. The Morgan fingerprint density at radius 2 is 2.35 bits per heavy atom. The number of carbonyl (C=O) groups is 1. The third-order valence-corrected chi connectivity index (χ3v) is 2.93. The number of halogens is 1. The number of nitrogens with zero attached hydrogens (tertiary/aromatic N) is 1. The van der Waals surface area contributed by atoms with Crippen molar-refractivity contribution in [2.45, 2.75) is 19.8 Å². The van der Waals surface area contributed by atoms with Gasteiger partial charge in [-0.2, -0.15) is 0 Å². The van der Waals surface area contributed by atoms with Gasteiger partial charge in [0.1, 0.15) is 4.60 Å². The van der Waals surface area contributed by atoms with Crippen molar-refractivity contribution >= 4 is 21.8 Å². The number of hydrogen-bond acceptors (Lipinski definition) is 3. The SMILES string of the molecule is CC(CO)CCCNC(=O)c1ccc(Br)nc1. The molecule has 1 aromatic heterocycles. The Balaban J connectivity index is 2.28. The minimum Gasteiger partial charge on any atom is -0.396 e. The minimum absolute atomic E-state index is 0.110. The summed E-state index contributed by atoms with van der Waals surface area (Å²) in [5.74, 6) is 0.183. The van der Waals surface area contributed by atoms with Crippen LogP contribution in [0.2, 0.25) is 0 Å². The molecule has 1 rings (SSSR count). The topological polar surface area (TPSA) is 62.2 Å². The molecule has 0 fully saturated rings. The molecule has 0 radical (unpaired) electrons. The van der Waals surface area contributed by atoms with E-state index in [0.717, 1.165) is 12.8 Å². The number of hydrogen-bond donors (Lipinski definition) is 2. The minimum atomic E-state index is -0.110. The van der Waals surface area contributed by atoms with Crippen LogP contribution in [0, 0.1) is 5.92 Å². The van der Waals surface area contributed by atoms with Gasteiger partial charge in [0.15, 0.2) is 0 Å². The molecule has 2 N–H and O–H groups in total. The van der Waals surface area contributed by atoms with Gasteiger partial charge in [-0.25, -0.2) is 4.98 Å². The molecule has 0 aliphatic heterocycles. The van der Waals surface area contributed by atoms with Crippen molar-refractivity contribution < 1.29 is 9.90 Å². The first-order valence-electron chi connectivity index (χ1n) is 5.64. The first kappa shape index (κ1) is 14.1. The molecule has 0 bridgehead atoms. The molecule has 1 amide bonds. The highest BCUT2D eigenvalue weighted by Crippen LogP contribution is 2.06. The van der Waals surface area contributed by atoms with Crippen LogP contribution in [0.15, 0.2) is 22.9 Å².